The topological polar surface area (TPSA) is 55.2 Å². The molecule has 4 heterocycles. The number of esters is 1. The summed E-state index contributed by atoms with van der Waals surface area (Å²) in [7, 11) is 0. The van der Waals surface area contributed by atoms with Gasteiger partial charge in [-0.2, -0.15) is 0 Å². The quantitative estimate of drug-likeness (QED) is 0.0489. The van der Waals surface area contributed by atoms with E-state index in [2.05, 4.69) is 337 Å². The monoisotopic (exact) mass is 1360 g/mol. The Bertz CT molecular complexity index is 5770. The van der Waals surface area contributed by atoms with Crippen molar-refractivity contribution in [2.45, 2.75) is 57.5 Å². The van der Waals surface area contributed by atoms with Crippen LogP contribution in [0.5, 0.6) is 0 Å². The van der Waals surface area contributed by atoms with Crippen LogP contribution in [-0.4, -0.2) is 37.5 Å². The first kappa shape index (κ1) is 65.3. The van der Waals surface area contributed by atoms with Crippen molar-refractivity contribution in [1.82, 2.24) is 18.3 Å². The zero-order valence-electron chi connectivity index (χ0n) is 59.5. The number of aromatic nitrogens is 4. The van der Waals surface area contributed by atoms with Gasteiger partial charge >= 0.3 is 5.97 Å². The summed E-state index contributed by atoms with van der Waals surface area (Å²) in [4.78, 5) is 13.1. The van der Waals surface area contributed by atoms with Gasteiger partial charge in [-0.25, -0.2) is 0 Å². The Morgan fingerprint density at radius 2 is 0.771 bits per heavy atom. The van der Waals surface area contributed by atoms with Crippen molar-refractivity contribution < 1.29 is 14.3 Å². The first-order valence-electron chi connectivity index (χ1n) is 37.4. The van der Waals surface area contributed by atoms with E-state index in [0.717, 1.165) is 90.7 Å². The van der Waals surface area contributed by atoms with Crippen LogP contribution >= 0.6 is 0 Å². The van der Waals surface area contributed by atoms with Crippen LogP contribution in [0.4, 0.5) is 0 Å². The number of hydrogen-bond donors (Lipinski definition) is 0. The maximum atomic E-state index is 13.1. The molecule has 3 aliphatic carbocycles. The number of fused-ring (bicyclic) bond motifs is 15. The fourth-order valence-corrected chi connectivity index (χ4v) is 18.5. The van der Waals surface area contributed by atoms with E-state index in [4.69, 9.17) is 9.47 Å². The van der Waals surface area contributed by atoms with Crippen molar-refractivity contribution in [2.75, 3.05) is 13.2 Å². The van der Waals surface area contributed by atoms with Gasteiger partial charge in [0, 0.05) is 84.5 Å². The normalized spacial score (nSPS) is 18.1. The minimum atomic E-state index is -0.206. The molecule has 2 saturated carbocycles. The minimum Gasteiger partial charge on any atom is -0.461 e. The number of ether oxygens (including phenoxy) is 2. The fraction of sp³-hybridized carbons (Fsp3) is 0.173. The standard InChI is InChI=1S/C51H46N2O.C47H38N2O2/c1-4-34-29-35(5-2)36(30-34)33-54-28-14-27-51(3)45-31-37(52-47-19-10-6-15-41(47)42-16-7-11-20-48(42)52)23-25-39(45)40-26-24-38(32-46(40)51)53-49-21-12-8-17-43(49)44-18-9-13-22-50(44)53;1-3-31-27-33(4-2)41(28-31)47(50)51-30-32-17-26-46-42(29-32)40-13-7-10-16-45(40)49(46)37-24-20-35(21-25-37)34-18-22-36(23-19-34)48-43-14-8-5-11-38(43)39-12-6-9-15-44(39)48/h4-13,15-26,31-32,34-36H,1-2,14,27-30,33H2,3H3;3-26,29,31,33,41H,1-2,27-28,30H2. The summed E-state index contributed by atoms with van der Waals surface area (Å²) in [6.45, 7) is 20.4. The Morgan fingerprint density at radius 3 is 1.19 bits per heavy atom. The van der Waals surface area contributed by atoms with E-state index in [1.165, 1.54) is 110 Å². The Morgan fingerprint density at radius 1 is 0.400 bits per heavy atom. The van der Waals surface area contributed by atoms with Crippen molar-refractivity contribution >= 4 is 93.2 Å². The third-order valence-electron chi connectivity index (χ3n) is 23.8. The van der Waals surface area contributed by atoms with Crippen molar-refractivity contribution in [2.24, 2.45) is 35.5 Å². The fourth-order valence-electron chi connectivity index (χ4n) is 18.5. The van der Waals surface area contributed by atoms with Crippen LogP contribution < -0.4 is 0 Å². The molecule has 6 unspecified atom stereocenters. The summed E-state index contributed by atoms with van der Waals surface area (Å²) < 4.78 is 21.9. The number of rotatable bonds is 18. The van der Waals surface area contributed by atoms with E-state index < -0.39 is 0 Å². The molecule has 7 heteroatoms. The Balaban J connectivity index is 0.000000149. The molecule has 0 aliphatic heterocycles. The third-order valence-corrected chi connectivity index (χ3v) is 23.8. The third kappa shape index (κ3) is 11.3. The molecular weight excluding hydrogens is 1280 g/mol. The molecule has 0 bridgehead atoms. The SMILES string of the molecule is C=CC1CC(C=C)C(C(=O)OCc2ccc3c(c2)c2ccccc2n3-c2ccc(-c3ccc(-n4c5ccccc5c5ccccc54)cc3)cc2)C1.C=CC1CC(C=C)C(COCCCC2(C)c3cc(-n4c5ccccc5c5ccccc54)ccc3-c3ccc(-n4c5ccccc5c5ccccc54)cc32)C1. The lowest BCUT2D eigenvalue weighted by atomic mass is 9.76. The lowest BCUT2D eigenvalue weighted by Gasteiger charge is -2.29. The summed E-state index contributed by atoms with van der Waals surface area (Å²) in [5.74, 6) is 1.77. The number of hydrogen-bond acceptors (Lipinski definition) is 3. The highest BCUT2D eigenvalue weighted by Crippen LogP contribution is 2.53. The summed E-state index contributed by atoms with van der Waals surface area (Å²) in [6, 6.07) is 99.4. The molecule has 514 valence electrons. The molecule has 2 fully saturated rings. The van der Waals surface area contributed by atoms with Crippen molar-refractivity contribution in [3.05, 3.63) is 340 Å². The van der Waals surface area contributed by atoms with Gasteiger partial charge in [-0.05, 0) is 210 Å². The molecule has 7 nitrogen and oxygen atoms in total. The Labute approximate surface area is 613 Å². The average molecular weight is 1370 g/mol. The first-order chi connectivity index (χ1) is 51.7. The summed E-state index contributed by atoms with van der Waals surface area (Å²) in [6.07, 6.45) is 14.1. The number of carbonyl (C=O) groups excluding carboxylic acids is 1. The lowest BCUT2D eigenvalue weighted by molar-refractivity contribution is -0.150. The van der Waals surface area contributed by atoms with E-state index in [-0.39, 0.29) is 29.8 Å². The number of para-hydroxylation sites is 7. The first-order valence-corrected chi connectivity index (χ1v) is 37.4. The highest BCUT2D eigenvalue weighted by Gasteiger charge is 2.41. The zero-order chi connectivity index (χ0) is 70.9. The largest absolute Gasteiger partial charge is 0.461 e. The highest BCUT2D eigenvalue weighted by atomic mass is 16.5. The van der Waals surface area contributed by atoms with E-state index >= 15 is 0 Å². The molecule has 0 spiro atoms. The predicted molar refractivity (Wildman–Crippen MR) is 438 cm³/mol. The minimum absolute atomic E-state index is 0.137. The number of nitrogens with zero attached hydrogens (tertiary/aromatic N) is 4. The Hall–Kier alpha value is -11.8. The van der Waals surface area contributed by atoms with E-state index in [9.17, 15) is 4.79 Å². The maximum Gasteiger partial charge on any atom is 0.309 e. The summed E-state index contributed by atoms with van der Waals surface area (Å²) in [5, 5.41) is 9.98. The second-order valence-corrected chi connectivity index (χ2v) is 29.6. The van der Waals surface area contributed by atoms with Crippen molar-refractivity contribution in [3.8, 4) is 45.0 Å². The smallest absolute Gasteiger partial charge is 0.309 e. The molecule has 4 aromatic heterocycles. The van der Waals surface area contributed by atoms with Gasteiger partial charge in [0.05, 0.1) is 50.1 Å². The van der Waals surface area contributed by atoms with Gasteiger partial charge in [0.15, 0.2) is 0 Å². The van der Waals surface area contributed by atoms with Crippen LogP contribution in [0.15, 0.2) is 324 Å². The molecule has 0 N–H and O–H groups in total. The molecular formula is C98H84N4O3. The van der Waals surface area contributed by atoms with E-state index in [1.807, 2.05) is 12.2 Å². The summed E-state index contributed by atoms with van der Waals surface area (Å²) >= 11 is 0. The van der Waals surface area contributed by atoms with Gasteiger partial charge in [-0.1, -0.05) is 201 Å². The van der Waals surface area contributed by atoms with Crippen LogP contribution in [0.1, 0.15) is 62.1 Å². The molecule has 105 heavy (non-hydrogen) atoms. The molecule has 16 aromatic rings. The summed E-state index contributed by atoms with van der Waals surface area (Å²) in [5.41, 5.74) is 22.9. The number of carbonyl (C=O) groups is 1. The molecule has 12 aromatic carbocycles. The van der Waals surface area contributed by atoms with Crippen molar-refractivity contribution in [1.29, 1.82) is 0 Å². The van der Waals surface area contributed by atoms with E-state index in [1.54, 1.807) is 0 Å². The molecule has 0 radical (unpaired) electrons. The molecule has 0 amide bonds. The maximum absolute atomic E-state index is 13.1. The van der Waals surface area contributed by atoms with Crippen LogP contribution in [0.25, 0.3) is 132 Å². The van der Waals surface area contributed by atoms with E-state index in [0.29, 0.717) is 23.7 Å². The van der Waals surface area contributed by atoms with Gasteiger partial charge < -0.3 is 27.7 Å². The number of benzene rings is 12. The molecule has 6 atom stereocenters. The predicted octanol–water partition coefficient (Wildman–Crippen LogP) is 24.6. The van der Waals surface area contributed by atoms with Crippen molar-refractivity contribution in [3.63, 3.8) is 0 Å². The van der Waals surface area contributed by atoms with Gasteiger partial charge in [-0.15, -0.1) is 26.3 Å². The second-order valence-electron chi connectivity index (χ2n) is 29.6. The molecule has 19 rings (SSSR count). The highest BCUT2D eigenvalue weighted by molar-refractivity contribution is 6.12. The van der Waals surface area contributed by atoms with Crippen LogP contribution in [0.2, 0.25) is 0 Å². The molecule has 0 saturated heterocycles. The van der Waals surface area contributed by atoms with Crippen LogP contribution in [0, 0.1) is 35.5 Å². The van der Waals surface area contributed by atoms with Crippen LogP contribution in [0.3, 0.4) is 0 Å². The second kappa shape index (κ2) is 27.1. The zero-order valence-corrected chi connectivity index (χ0v) is 59.5. The van der Waals surface area contributed by atoms with Crippen LogP contribution in [-0.2, 0) is 26.3 Å². The molecule has 3 aliphatic rings. The van der Waals surface area contributed by atoms with Gasteiger partial charge in [-0.3, -0.25) is 4.79 Å². The number of allylic oxidation sites excluding steroid dienone is 4. The van der Waals surface area contributed by atoms with Gasteiger partial charge in [0.2, 0.25) is 0 Å². The van der Waals surface area contributed by atoms with Gasteiger partial charge in [0.1, 0.15) is 6.61 Å². The Kier molecular flexibility index (Phi) is 16.9. The lowest BCUT2D eigenvalue weighted by Crippen LogP contribution is -2.22. The van der Waals surface area contributed by atoms with Gasteiger partial charge in [0.25, 0.3) is 0 Å². The average Bonchev–Trinajstić information content (AvgIpc) is 1.56.